The van der Waals surface area contributed by atoms with E-state index in [1.165, 1.54) is 0 Å². The van der Waals surface area contributed by atoms with E-state index in [1.54, 1.807) is 4.90 Å². The molecule has 1 aromatic carbocycles. The normalized spacial score (nSPS) is 20.3. The summed E-state index contributed by atoms with van der Waals surface area (Å²) in [6.45, 7) is 7.24. The summed E-state index contributed by atoms with van der Waals surface area (Å²) >= 11 is 0. The highest BCUT2D eigenvalue weighted by molar-refractivity contribution is 5.83. The first-order valence-corrected chi connectivity index (χ1v) is 7.97. The molecule has 0 spiro atoms. The highest BCUT2D eigenvalue weighted by Crippen LogP contribution is 2.25. The first kappa shape index (κ1) is 15.0. The first-order valence-electron chi connectivity index (χ1n) is 7.97. The summed E-state index contributed by atoms with van der Waals surface area (Å²) in [5.41, 5.74) is 2.16. The minimum Gasteiger partial charge on any atom is -0.344 e. The Morgan fingerprint density at radius 1 is 1.27 bits per heavy atom. The van der Waals surface area contributed by atoms with Crippen LogP contribution in [0.15, 0.2) is 24.3 Å². The van der Waals surface area contributed by atoms with Gasteiger partial charge in [0.1, 0.15) is 5.82 Å². The van der Waals surface area contributed by atoms with Gasteiger partial charge in [0.15, 0.2) is 0 Å². The zero-order valence-electron chi connectivity index (χ0n) is 13.7. The van der Waals surface area contributed by atoms with Crippen molar-refractivity contribution in [3.05, 3.63) is 30.1 Å². The number of benzene rings is 1. The van der Waals surface area contributed by atoms with Gasteiger partial charge in [-0.15, -0.1) is 0 Å². The number of hydrogen-bond acceptors (Lipinski definition) is 3. The van der Waals surface area contributed by atoms with Crippen LogP contribution in [0.2, 0.25) is 0 Å². The fourth-order valence-corrected chi connectivity index (χ4v) is 3.26. The molecule has 3 rings (SSSR count). The predicted octanol–water partition coefficient (Wildman–Crippen LogP) is 2.50. The fourth-order valence-electron chi connectivity index (χ4n) is 3.26. The van der Waals surface area contributed by atoms with E-state index in [2.05, 4.69) is 36.7 Å². The number of hydrogen-bond donors (Lipinski definition) is 1. The lowest BCUT2D eigenvalue weighted by Gasteiger charge is -2.21. The molecule has 22 heavy (non-hydrogen) atoms. The standard InChI is InChI=1S/C17H24N4O/c1-11(2)21-15-8-6-5-7-13(15)19-16(21)12(3)18-14-9-10-20(4)17(14)22/h5-8,11-12,14,18H,9-10H2,1-4H3. The van der Waals surface area contributed by atoms with E-state index >= 15 is 0 Å². The number of likely N-dealkylation sites (N-methyl/N-ethyl adjacent to an activating group) is 1. The molecule has 0 saturated carbocycles. The van der Waals surface area contributed by atoms with Crippen LogP contribution in [0.5, 0.6) is 0 Å². The molecule has 2 atom stereocenters. The Kier molecular flexibility index (Phi) is 3.91. The molecule has 1 aliphatic heterocycles. The van der Waals surface area contributed by atoms with Crippen LogP contribution in [0, 0.1) is 0 Å². The minimum absolute atomic E-state index is 0.0373. The van der Waals surface area contributed by atoms with Crippen molar-refractivity contribution in [2.75, 3.05) is 13.6 Å². The van der Waals surface area contributed by atoms with E-state index in [9.17, 15) is 4.79 Å². The molecule has 1 saturated heterocycles. The molecule has 0 aliphatic carbocycles. The Morgan fingerprint density at radius 2 is 2.00 bits per heavy atom. The summed E-state index contributed by atoms with van der Waals surface area (Å²) in [6, 6.07) is 8.47. The van der Waals surface area contributed by atoms with E-state index in [-0.39, 0.29) is 18.0 Å². The van der Waals surface area contributed by atoms with Crippen molar-refractivity contribution in [2.24, 2.45) is 0 Å². The van der Waals surface area contributed by atoms with Crippen molar-refractivity contribution in [2.45, 2.75) is 45.3 Å². The summed E-state index contributed by atoms with van der Waals surface area (Å²) in [4.78, 5) is 18.7. The Morgan fingerprint density at radius 3 is 2.64 bits per heavy atom. The largest absolute Gasteiger partial charge is 0.344 e. The second kappa shape index (κ2) is 5.72. The van der Waals surface area contributed by atoms with Gasteiger partial charge in [0, 0.05) is 19.6 Å². The van der Waals surface area contributed by atoms with E-state index in [0.29, 0.717) is 6.04 Å². The average Bonchev–Trinajstić information content (AvgIpc) is 3.02. The number of rotatable bonds is 4. The molecule has 5 nitrogen and oxygen atoms in total. The molecule has 1 aromatic heterocycles. The Bertz CT molecular complexity index is 691. The zero-order chi connectivity index (χ0) is 15.9. The van der Waals surface area contributed by atoms with Crippen LogP contribution in [-0.2, 0) is 4.79 Å². The molecule has 118 valence electrons. The van der Waals surface area contributed by atoms with Crippen LogP contribution in [0.3, 0.4) is 0 Å². The number of aromatic nitrogens is 2. The van der Waals surface area contributed by atoms with Gasteiger partial charge >= 0.3 is 0 Å². The Balaban J connectivity index is 1.92. The predicted molar refractivity (Wildman–Crippen MR) is 87.7 cm³/mol. The molecule has 2 heterocycles. The van der Waals surface area contributed by atoms with Crippen molar-refractivity contribution >= 4 is 16.9 Å². The number of likely N-dealkylation sites (tertiary alicyclic amines) is 1. The number of fused-ring (bicyclic) bond motifs is 1. The Hall–Kier alpha value is -1.88. The summed E-state index contributed by atoms with van der Waals surface area (Å²) < 4.78 is 2.26. The van der Waals surface area contributed by atoms with Gasteiger partial charge in [-0.1, -0.05) is 12.1 Å². The molecule has 1 aliphatic rings. The maximum absolute atomic E-state index is 12.1. The van der Waals surface area contributed by atoms with E-state index < -0.39 is 0 Å². The van der Waals surface area contributed by atoms with Gasteiger partial charge in [0.05, 0.1) is 23.1 Å². The van der Waals surface area contributed by atoms with Crippen LogP contribution in [0.25, 0.3) is 11.0 Å². The van der Waals surface area contributed by atoms with Crippen molar-refractivity contribution in [3.63, 3.8) is 0 Å². The molecule has 1 N–H and O–H groups in total. The third-order valence-corrected chi connectivity index (χ3v) is 4.41. The molecular formula is C17H24N4O. The lowest BCUT2D eigenvalue weighted by atomic mass is 10.2. The number of nitrogens with zero attached hydrogens (tertiary/aromatic N) is 3. The molecule has 1 amide bonds. The third kappa shape index (κ3) is 2.50. The van der Waals surface area contributed by atoms with Crippen LogP contribution in [-0.4, -0.2) is 40.0 Å². The third-order valence-electron chi connectivity index (χ3n) is 4.41. The van der Waals surface area contributed by atoms with E-state index in [1.807, 2.05) is 25.2 Å². The molecule has 5 heteroatoms. The lowest BCUT2D eigenvalue weighted by Crippen LogP contribution is -2.39. The second-order valence-corrected chi connectivity index (χ2v) is 6.41. The maximum Gasteiger partial charge on any atom is 0.239 e. The number of imidazole rings is 1. The summed E-state index contributed by atoms with van der Waals surface area (Å²) in [5, 5.41) is 3.46. The monoisotopic (exact) mass is 300 g/mol. The van der Waals surface area contributed by atoms with E-state index in [0.717, 1.165) is 29.8 Å². The van der Waals surface area contributed by atoms with Crippen LogP contribution < -0.4 is 5.32 Å². The minimum atomic E-state index is -0.0968. The SMILES string of the molecule is CC(NC1CCN(C)C1=O)c1nc2ccccc2n1C(C)C. The quantitative estimate of drug-likeness (QED) is 0.944. The smallest absolute Gasteiger partial charge is 0.239 e. The lowest BCUT2D eigenvalue weighted by molar-refractivity contribution is -0.128. The van der Waals surface area contributed by atoms with Crippen LogP contribution in [0.1, 0.15) is 45.1 Å². The summed E-state index contributed by atoms with van der Waals surface area (Å²) in [6.07, 6.45) is 0.863. The summed E-state index contributed by atoms with van der Waals surface area (Å²) in [5.74, 6) is 1.18. The number of carbonyl (C=O) groups is 1. The highest BCUT2D eigenvalue weighted by atomic mass is 16.2. The molecule has 1 fully saturated rings. The number of para-hydroxylation sites is 2. The van der Waals surface area contributed by atoms with Gasteiger partial charge in [-0.3, -0.25) is 10.1 Å². The highest BCUT2D eigenvalue weighted by Gasteiger charge is 2.31. The number of amides is 1. The van der Waals surface area contributed by atoms with Crippen molar-refractivity contribution in [1.29, 1.82) is 0 Å². The zero-order valence-corrected chi connectivity index (χ0v) is 13.7. The van der Waals surface area contributed by atoms with Gasteiger partial charge in [0.25, 0.3) is 0 Å². The van der Waals surface area contributed by atoms with Crippen molar-refractivity contribution < 1.29 is 4.79 Å². The summed E-state index contributed by atoms with van der Waals surface area (Å²) in [7, 11) is 1.86. The van der Waals surface area contributed by atoms with Crippen molar-refractivity contribution in [3.8, 4) is 0 Å². The van der Waals surface area contributed by atoms with Gasteiger partial charge in [-0.2, -0.15) is 0 Å². The van der Waals surface area contributed by atoms with Gasteiger partial charge in [-0.05, 0) is 39.3 Å². The van der Waals surface area contributed by atoms with Crippen LogP contribution in [0.4, 0.5) is 0 Å². The topological polar surface area (TPSA) is 50.2 Å². The second-order valence-electron chi connectivity index (χ2n) is 6.41. The Labute approximate surface area is 131 Å². The van der Waals surface area contributed by atoms with Gasteiger partial charge in [-0.25, -0.2) is 4.98 Å². The molecule has 2 aromatic rings. The fraction of sp³-hybridized carbons (Fsp3) is 0.529. The van der Waals surface area contributed by atoms with Crippen LogP contribution >= 0.6 is 0 Å². The molecule has 0 bridgehead atoms. The van der Waals surface area contributed by atoms with Crippen molar-refractivity contribution in [1.82, 2.24) is 19.8 Å². The average molecular weight is 300 g/mol. The first-order chi connectivity index (χ1) is 10.5. The number of nitrogens with one attached hydrogen (secondary N) is 1. The molecular weight excluding hydrogens is 276 g/mol. The van der Waals surface area contributed by atoms with Gasteiger partial charge in [0.2, 0.25) is 5.91 Å². The maximum atomic E-state index is 12.1. The molecule has 2 unspecified atom stereocenters. The van der Waals surface area contributed by atoms with E-state index in [4.69, 9.17) is 4.98 Å². The van der Waals surface area contributed by atoms with Gasteiger partial charge < -0.3 is 9.47 Å². The molecule has 0 radical (unpaired) electrons. The number of carbonyl (C=O) groups excluding carboxylic acids is 1.